The van der Waals surface area contributed by atoms with Gasteiger partial charge in [0.15, 0.2) is 0 Å². The van der Waals surface area contributed by atoms with E-state index in [0.29, 0.717) is 22.8 Å². The SMILES string of the molecule is COc1cc(C(O)c2ccc(C)o2)c(OC)cc1Br. The van der Waals surface area contributed by atoms with Crippen molar-refractivity contribution in [1.82, 2.24) is 0 Å². The van der Waals surface area contributed by atoms with Crippen LogP contribution in [0.4, 0.5) is 0 Å². The van der Waals surface area contributed by atoms with Gasteiger partial charge in [0, 0.05) is 5.56 Å². The number of ether oxygens (including phenoxy) is 2. The maximum Gasteiger partial charge on any atom is 0.140 e. The maximum absolute atomic E-state index is 10.4. The van der Waals surface area contributed by atoms with Crippen LogP contribution in [-0.4, -0.2) is 19.3 Å². The predicted octanol–water partition coefficient (Wildman–Crippen LogP) is 3.45. The Kier molecular flexibility index (Phi) is 4.17. The molecule has 0 aliphatic heterocycles. The molecule has 0 fully saturated rings. The Balaban J connectivity index is 2.48. The lowest BCUT2D eigenvalue weighted by Crippen LogP contribution is -2.02. The van der Waals surface area contributed by atoms with Gasteiger partial charge in [-0.05, 0) is 47.1 Å². The first-order valence-corrected chi connectivity index (χ1v) is 6.52. The first-order valence-electron chi connectivity index (χ1n) is 5.72. The van der Waals surface area contributed by atoms with E-state index in [4.69, 9.17) is 13.9 Å². The van der Waals surface area contributed by atoms with Gasteiger partial charge in [-0.3, -0.25) is 0 Å². The summed E-state index contributed by atoms with van der Waals surface area (Å²) < 4.78 is 16.7. The average molecular weight is 327 g/mol. The monoisotopic (exact) mass is 326 g/mol. The molecule has 4 nitrogen and oxygen atoms in total. The number of furan rings is 1. The number of benzene rings is 1. The molecule has 2 rings (SSSR count). The molecule has 1 aromatic heterocycles. The molecule has 0 amide bonds. The van der Waals surface area contributed by atoms with Gasteiger partial charge in [-0.15, -0.1) is 0 Å². The molecule has 0 aliphatic rings. The first kappa shape index (κ1) is 14.0. The van der Waals surface area contributed by atoms with Crippen LogP contribution in [0.5, 0.6) is 11.5 Å². The first-order chi connectivity index (χ1) is 9.06. The van der Waals surface area contributed by atoms with Crippen LogP contribution >= 0.6 is 15.9 Å². The number of rotatable bonds is 4. The van der Waals surface area contributed by atoms with Crippen molar-refractivity contribution in [3.63, 3.8) is 0 Å². The lowest BCUT2D eigenvalue weighted by Gasteiger charge is -2.15. The summed E-state index contributed by atoms with van der Waals surface area (Å²) in [6, 6.07) is 7.04. The van der Waals surface area contributed by atoms with Crippen molar-refractivity contribution in [2.24, 2.45) is 0 Å². The van der Waals surface area contributed by atoms with Gasteiger partial charge < -0.3 is 19.0 Å². The van der Waals surface area contributed by atoms with Gasteiger partial charge in [-0.1, -0.05) is 0 Å². The smallest absolute Gasteiger partial charge is 0.140 e. The predicted molar refractivity (Wildman–Crippen MR) is 74.8 cm³/mol. The molecule has 1 atom stereocenters. The summed E-state index contributed by atoms with van der Waals surface area (Å²) in [4.78, 5) is 0. The number of aryl methyl sites for hydroxylation is 1. The van der Waals surface area contributed by atoms with Gasteiger partial charge in [0.2, 0.25) is 0 Å². The number of aliphatic hydroxyl groups excluding tert-OH is 1. The summed E-state index contributed by atoms with van der Waals surface area (Å²) in [5, 5.41) is 10.4. The highest BCUT2D eigenvalue weighted by atomic mass is 79.9. The van der Waals surface area contributed by atoms with Crippen LogP contribution in [0.1, 0.15) is 23.2 Å². The number of halogens is 1. The highest BCUT2D eigenvalue weighted by Crippen LogP contribution is 2.38. The summed E-state index contributed by atoms with van der Waals surface area (Å²) in [6.07, 6.45) is -0.898. The fourth-order valence-electron chi connectivity index (χ4n) is 1.85. The normalized spacial score (nSPS) is 12.3. The summed E-state index contributed by atoms with van der Waals surface area (Å²) in [5.41, 5.74) is 0.594. The van der Waals surface area contributed by atoms with E-state index in [9.17, 15) is 5.11 Å². The molecule has 0 aliphatic carbocycles. The quantitative estimate of drug-likeness (QED) is 0.934. The lowest BCUT2D eigenvalue weighted by atomic mass is 10.1. The molecule has 2 aromatic rings. The van der Waals surface area contributed by atoms with E-state index in [-0.39, 0.29) is 0 Å². The Bertz CT molecular complexity index is 577. The largest absolute Gasteiger partial charge is 0.496 e. The molecule has 1 aromatic carbocycles. The van der Waals surface area contributed by atoms with E-state index in [1.54, 1.807) is 38.5 Å². The Morgan fingerprint density at radius 3 is 2.37 bits per heavy atom. The highest BCUT2D eigenvalue weighted by molar-refractivity contribution is 9.10. The number of aliphatic hydroxyl groups is 1. The maximum atomic E-state index is 10.4. The minimum atomic E-state index is -0.898. The zero-order valence-electron chi connectivity index (χ0n) is 10.9. The Hall–Kier alpha value is -1.46. The van der Waals surface area contributed by atoms with Crippen molar-refractivity contribution in [2.45, 2.75) is 13.0 Å². The summed E-state index contributed by atoms with van der Waals surface area (Å²) in [6.45, 7) is 1.83. The van der Waals surface area contributed by atoms with Crippen LogP contribution in [0, 0.1) is 6.92 Å². The molecule has 19 heavy (non-hydrogen) atoms. The summed E-state index contributed by atoms with van der Waals surface area (Å²) in [7, 11) is 3.12. The third-order valence-corrected chi connectivity index (χ3v) is 3.45. The molecule has 0 radical (unpaired) electrons. The van der Waals surface area contributed by atoms with Gasteiger partial charge in [0.1, 0.15) is 29.1 Å². The molecule has 0 spiro atoms. The molecular formula is C14H15BrO4. The Morgan fingerprint density at radius 2 is 1.84 bits per heavy atom. The molecule has 0 saturated heterocycles. The Morgan fingerprint density at radius 1 is 1.16 bits per heavy atom. The minimum Gasteiger partial charge on any atom is -0.496 e. The van der Waals surface area contributed by atoms with Gasteiger partial charge in [0.25, 0.3) is 0 Å². The van der Waals surface area contributed by atoms with Crippen molar-refractivity contribution >= 4 is 15.9 Å². The van der Waals surface area contributed by atoms with E-state index in [1.807, 2.05) is 6.92 Å². The molecule has 5 heteroatoms. The molecular weight excluding hydrogens is 312 g/mol. The fourth-order valence-corrected chi connectivity index (χ4v) is 2.34. The average Bonchev–Trinajstić information content (AvgIpc) is 2.84. The number of hydrogen-bond donors (Lipinski definition) is 1. The van der Waals surface area contributed by atoms with Crippen molar-refractivity contribution in [3.05, 3.63) is 45.8 Å². The number of methoxy groups -OCH3 is 2. The van der Waals surface area contributed by atoms with Gasteiger partial charge in [0.05, 0.1) is 18.7 Å². The van der Waals surface area contributed by atoms with Crippen molar-refractivity contribution in [1.29, 1.82) is 0 Å². The van der Waals surface area contributed by atoms with E-state index in [1.165, 1.54) is 0 Å². The van der Waals surface area contributed by atoms with Crippen LogP contribution in [-0.2, 0) is 0 Å². The zero-order chi connectivity index (χ0) is 14.0. The van der Waals surface area contributed by atoms with E-state index in [2.05, 4.69) is 15.9 Å². The van der Waals surface area contributed by atoms with Crippen LogP contribution in [0.25, 0.3) is 0 Å². The minimum absolute atomic E-state index is 0.472. The van der Waals surface area contributed by atoms with E-state index < -0.39 is 6.10 Å². The third-order valence-electron chi connectivity index (χ3n) is 2.83. The molecule has 1 N–H and O–H groups in total. The second-order valence-corrected chi connectivity index (χ2v) is 4.93. The molecule has 0 bridgehead atoms. The zero-order valence-corrected chi connectivity index (χ0v) is 12.5. The number of hydrogen-bond acceptors (Lipinski definition) is 4. The summed E-state index contributed by atoms with van der Waals surface area (Å²) >= 11 is 3.38. The van der Waals surface area contributed by atoms with E-state index >= 15 is 0 Å². The Labute approximate surface area is 120 Å². The molecule has 102 valence electrons. The molecule has 1 unspecified atom stereocenters. The molecule has 1 heterocycles. The second-order valence-electron chi connectivity index (χ2n) is 4.08. The summed E-state index contributed by atoms with van der Waals surface area (Å²) in [5.74, 6) is 2.41. The van der Waals surface area contributed by atoms with E-state index in [0.717, 1.165) is 10.2 Å². The topological polar surface area (TPSA) is 51.8 Å². The molecule has 0 saturated carbocycles. The van der Waals surface area contributed by atoms with Crippen molar-refractivity contribution in [2.75, 3.05) is 14.2 Å². The van der Waals surface area contributed by atoms with Gasteiger partial charge >= 0.3 is 0 Å². The fraction of sp³-hybridized carbons (Fsp3) is 0.286. The van der Waals surface area contributed by atoms with Crippen molar-refractivity contribution < 1.29 is 19.0 Å². The van der Waals surface area contributed by atoms with Crippen molar-refractivity contribution in [3.8, 4) is 11.5 Å². The van der Waals surface area contributed by atoms with Gasteiger partial charge in [-0.2, -0.15) is 0 Å². The van der Waals surface area contributed by atoms with Crippen LogP contribution in [0.15, 0.2) is 33.2 Å². The highest BCUT2D eigenvalue weighted by Gasteiger charge is 2.20. The lowest BCUT2D eigenvalue weighted by molar-refractivity contribution is 0.183. The van der Waals surface area contributed by atoms with Crippen LogP contribution in [0.2, 0.25) is 0 Å². The standard InChI is InChI=1S/C14H15BrO4/c1-8-4-5-11(19-8)14(16)9-6-13(18-3)10(15)7-12(9)17-2/h4-7,14,16H,1-3H3. The third kappa shape index (κ3) is 2.77. The van der Waals surface area contributed by atoms with Crippen LogP contribution in [0.3, 0.4) is 0 Å². The second kappa shape index (κ2) is 5.67. The van der Waals surface area contributed by atoms with Gasteiger partial charge in [-0.25, -0.2) is 0 Å². The van der Waals surface area contributed by atoms with Crippen LogP contribution < -0.4 is 9.47 Å².